The van der Waals surface area contributed by atoms with E-state index in [0.717, 1.165) is 28.2 Å². The molecule has 0 saturated carbocycles. The van der Waals surface area contributed by atoms with Gasteiger partial charge in [0.2, 0.25) is 0 Å². The van der Waals surface area contributed by atoms with Gasteiger partial charge in [0.15, 0.2) is 0 Å². The van der Waals surface area contributed by atoms with Crippen molar-refractivity contribution in [1.82, 2.24) is 9.97 Å². The minimum absolute atomic E-state index is 0. The van der Waals surface area contributed by atoms with Crippen LogP contribution in [0.5, 0.6) is 0 Å². The number of aliphatic hydroxyl groups excluding tert-OH is 2. The van der Waals surface area contributed by atoms with E-state index in [0.29, 0.717) is 6.42 Å². The molecule has 0 aliphatic carbocycles. The van der Waals surface area contributed by atoms with Crippen LogP contribution < -0.4 is 0 Å². The summed E-state index contributed by atoms with van der Waals surface area (Å²) in [5.74, 6) is 0. The summed E-state index contributed by atoms with van der Waals surface area (Å²) in [4.78, 5) is 9.17. The maximum atomic E-state index is 8.56. The molecule has 0 spiro atoms. The number of hydrogen-bond donors (Lipinski definition) is 2. The number of aliphatic hydroxyl groups is 2. The fraction of sp³-hybridized carbons (Fsp3) is 0.273. The van der Waals surface area contributed by atoms with Crippen LogP contribution in [0.15, 0.2) is 60.8 Å². The molecule has 2 atom stereocenters. The van der Waals surface area contributed by atoms with Gasteiger partial charge >= 0.3 is 0 Å². The van der Waals surface area contributed by atoms with Crippen LogP contribution in [-0.2, 0) is 20.1 Å². The van der Waals surface area contributed by atoms with Crippen molar-refractivity contribution in [1.29, 1.82) is 0 Å². The predicted octanol–water partition coefficient (Wildman–Crippen LogP) is 4.05. The summed E-state index contributed by atoms with van der Waals surface area (Å²) in [6.07, 6.45) is 1.54. The molecule has 3 rings (SSSR count). The molecule has 3 aromatic rings. The second-order valence-corrected chi connectivity index (χ2v) is 6.27. The largest absolute Gasteiger partial charge is 0.393 e. The maximum absolute atomic E-state index is 8.56. The second-order valence-electron chi connectivity index (χ2n) is 6.27. The van der Waals surface area contributed by atoms with E-state index in [9.17, 15) is 0 Å². The molecule has 1 heterocycles. The van der Waals surface area contributed by atoms with Crippen LogP contribution in [0, 0.1) is 13.0 Å². The van der Waals surface area contributed by atoms with E-state index in [2.05, 4.69) is 16.0 Å². The summed E-state index contributed by atoms with van der Waals surface area (Å²) in [5, 5.41) is 17.1. The molecule has 27 heavy (non-hydrogen) atoms. The van der Waals surface area contributed by atoms with Gasteiger partial charge in [-0.05, 0) is 27.2 Å². The molecule has 0 aliphatic rings. The molecule has 1 aromatic heterocycles. The van der Waals surface area contributed by atoms with Gasteiger partial charge in [0.1, 0.15) is 0 Å². The Labute approximate surface area is 174 Å². The molecule has 0 fully saturated rings. The van der Waals surface area contributed by atoms with E-state index >= 15 is 0 Å². The Balaban J connectivity index is 0.000000395. The molecular formula is C22H25IrN2O2-. The SMILES string of the molecule is CC(O)CC(C)O.Cc1nc(-c2ccccc2)cnc1-c1[c-]cccc1.[Ir]. The summed E-state index contributed by atoms with van der Waals surface area (Å²) in [6.45, 7) is 5.30. The van der Waals surface area contributed by atoms with Crippen molar-refractivity contribution in [3.8, 4) is 22.5 Å². The van der Waals surface area contributed by atoms with Crippen molar-refractivity contribution in [2.75, 3.05) is 0 Å². The Hall–Kier alpha value is -1.91. The van der Waals surface area contributed by atoms with Gasteiger partial charge in [-0.2, -0.15) is 0 Å². The zero-order valence-electron chi connectivity index (χ0n) is 15.8. The van der Waals surface area contributed by atoms with Crippen LogP contribution in [0.2, 0.25) is 0 Å². The predicted molar refractivity (Wildman–Crippen MR) is 104 cm³/mol. The molecule has 0 saturated heterocycles. The third-order valence-electron chi connectivity index (χ3n) is 3.66. The Morgan fingerprint density at radius 2 is 1.59 bits per heavy atom. The van der Waals surface area contributed by atoms with Crippen molar-refractivity contribution in [2.45, 2.75) is 39.4 Å². The molecule has 0 aliphatic heterocycles. The summed E-state index contributed by atoms with van der Waals surface area (Å²) >= 11 is 0. The molecule has 2 N–H and O–H groups in total. The quantitative estimate of drug-likeness (QED) is 0.489. The van der Waals surface area contributed by atoms with Gasteiger partial charge in [-0.15, -0.1) is 35.9 Å². The summed E-state index contributed by atoms with van der Waals surface area (Å²) in [6, 6.07) is 21.1. The van der Waals surface area contributed by atoms with Crippen LogP contribution in [0.3, 0.4) is 0 Å². The van der Waals surface area contributed by atoms with E-state index in [4.69, 9.17) is 10.2 Å². The van der Waals surface area contributed by atoms with Crippen molar-refractivity contribution < 1.29 is 30.3 Å². The summed E-state index contributed by atoms with van der Waals surface area (Å²) in [7, 11) is 0. The first-order valence-electron chi connectivity index (χ1n) is 8.69. The maximum Gasteiger partial charge on any atom is 0.0869 e. The zero-order chi connectivity index (χ0) is 18.9. The van der Waals surface area contributed by atoms with Crippen molar-refractivity contribution in [3.63, 3.8) is 0 Å². The minimum atomic E-state index is -0.375. The van der Waals surface area contributed by atoms with Crippen molar-refractivity contribution >= 4 is 0 Å². The average Bonchev–Trinajstić information content (AvgIpc) is 2.62. The molecular weight excluding hydrogens is 516 g/mol. The minimum Gasteiger partial charge on any atom is -0.393 e. The Bertz CT molecular complexity index is 788. The molecule has 145 valence electrons. The first-order chi connectivity index (χ1) is 12.5. The van der Waals surface area contributed by atoms with Crippen molar-refractivity contribution in [2.24, 2.45) is 0 Å². The van der Waals surface area contributed by atoms with E-state index in [1.807, 2.05) is 67.7 Å². The molecule has 2 aromatic carbocycles. The van der Waals surface area contributed by atoms with E-state index in [1.54, 1.807) is 13.8 Å². The van der Waals surface area contributed by atoms with Gasteiger partial charge < -0.3 is 15.2 Å². The van der Waals surface area contributed by atoms with Gasteiger partial charge in [0.25, 0.3) is 0 Å². The first-order valence-corrected chi connectivity index (χ1v) is 8.69. The number of nitrogens with zero attached hydrogens (tertiary/aromatic N) is 2. The van der Waals surface area contributed by atoms with E-state index in [1.165, 1.54) is 0 Å². The summed E-state index contributed by atoms with van der Waals surface area (Å²) in [5.41, 5.74) is 4.77. The van der Waals surface area contributed by atoms with E-state index in [-0.39, 0.29) is 32.3 Å². The molecule has 2 unspecified atom stereocenters. The van der Waals surface area contributed by atoms with Gasteiger partial charge in [-0.3, -0.25) is 4.98 Å². The number of rotatable bonds is 4. The number of aryl methyl sites for hydroxylation is 1. The molecule has 5 heteroatoms. The number of aromatic nitrogens is 2. The van der Waals surface area contributed by atoms with Gasteiger partial charge in [-0.1, -0.05) is 30.3 Å². The molecule has 4 nitrogen and oxygen atoms in total. The van der Waals surface area contributed by atoms with Gasteiger partial charge in [-0.25, -0.2) is 0 Å². The second kappa shape index (κ2) is 11.7. The molecule has 0 amide bonds. The zero-order valence-corrected chi connectivity index (χ0v) is 18.2. The smallest absolute Gasteiger partial charge is 0.0869 e. The Morgan fingerprint density at radius 3 is 2.07 bits per heavy atom. The monoisotopic (exact) mass is 542 g/mol. The third-order valence-corrected chi connectivity index (χ3v) is 3.66. The Kier molecular flexibility index (Phi) is 10.0. The van der Waals surface area contributed by atoms with Gasteiger partial charge in [0.05, 0.1) is 17.9 Å². The van der Waals surface area contributed by atoms with Crippen LogP contribution in [0.25, 0.3) is 22.5 Å². The van der Waals surface area contributed by atoms with E-state index < -0.39 is 0 Å². The first kappa shape index (κ1) is 23.1. The van der Waals surface area contributed by atoms with Crippen molar-refractivity contribution in [3.05, 3.63) is 72.6 Å². The van der Waals surface area contributed by atoms with Crippen LogP contribution in [-0.4, -0.2) is 32.4 Å². The molecule has 0 bridgehead atoms. The van der Waals surface area contributed by atoms with Crippen LogP contribution in [0.4, 0.5) is 0 Å². The number of benzene rings is 2. The normalized spacial score (nSPS) is 12.2. The van der Waals surface area contributed by atoms with Gasteiger partial charge in [0, 0.05) is 43.3 Å². The fourth-order valence-corrected chi connectivity index (χ4v) is 2.53. The fourth-order valence-electron chi connectivity index (χ4n) is 2.53. The van der Waals surface area contributed by atoms with Crippen LogP contribution >= 0.6 is 0 Å². The summed E-state index contributed by atoms with van der Waals surface area (Å²) < 4.78 is 0. The third kappa shape index (κ3) is 7.69. The molecule has 1 radical (unpaired) electrons. The standard InChI is InChI=1S/C17H13N2.C5H12O2.Ir/c1-13-17(15-10-6-3-7-11-15)18-12-16(19-13)14-8-4-2-5-9-14;1-4(6)3-5(2)7;/h2-10,12H,1H3;4-7H,3H2,1-2H3;/q-1;;. The Morgan fingerprint density at radius 1 is 0.963 bits per heavy atom. The average molecular weight is 542 g/mol. The topological polar surface area (TPSA) is 66.2 Å². The van der Waals surface area contributed by atoms with Crippen LogP contribution in [0.1, 0.15) is 26.0 Å². The number of hydrogen-bond acceptors (Lipinski definition) is 4.